The van der Waals surface area contributed by atoms with Crippen molar-refractivity contribution in [3.8, 4) is 0 Å². The minimum atomic E-state index is -4.01. The van der Waals surface area contributed by atoms with Gasteiger partial charge in [-0.15, -0.1) is 0 Å². The Kier molecular flexibility index (Phi) is 6.05. The van der Waals surface area contributed by atoms with Gasteiger partial charge < -0.3 is 4.90 Å². The molecule has 0 bridgehead atoms. The molecule has 0 heterocycles. The lowest BCUT2D eigenvalue weighted by Crippen LogP contribution is -2.38. The smallest absolute Gasteiger partial charge is 0.266 e. The van der Waals surface area contributed by atoms with E-state index in [0.29, 0.717) is 6.42 Å². The van der Waals surface area contributed by atoms with Crippen LogP contribution < -0.4 is 0 Å². The number of hydrogen-bond donors (Lipinski definition) is 1. The van der Waals surface area contributed by atoms with Crippen molar-refractivity contribution in [3.05, 3.63) is 48.7 Å². The Hall–Kier alpha value is -1.33. The Morgan fingerprint density at radius 3 is 2.47 bits per heavy atom. The third-order valence-electron chi connectivity index (χ3n) is 2.90. The molecule has 106 valence electrons. The average molecular weight is 283 g/mol. The lowest BCUT2D eigenvalue weighted by atomic mass is 10.1. The van der Waals surface area contributed by atoms with Crippen LogP contribution in [0.25, 0.3) is 0 Å². The van der Waals surface area contributed by atoms with Crippen LogP contribution in [0.5, 0.6) is 0 Å². The Balaban J connectivity index is 2.88. The van der Waals surface area contributed by atoms with Gasteiger partial charge in [0.05, 0.1) is 5.75 Å². The second-order valence-corrected chi connectivity index (χ2v) is 6.01. The van der Waals surface area contributed by atoms with Crippen LogP contribution in [0, 0.1) is 0 Å². The van der Waals surface area contributed by atoms with Gasteiger partial charge in [-0.2, -0.15) is 8.42 Å². The lowest BCUT2D eigenvalue weighted by Gasteiger charge is -2.29. The number of rotatable bonds is 8. The number of benzene rings is 1. The molecule has 1 rings (SSSR count). The van der Waals surface area contributed by atoms with Crippen molar-refractivity contribution in [3.63, 3.8) is 0 Å². The molecule has 1 N–H and O–H groups in total. The van der Waals surface area contributed by atoms with E-state index in [1.54, 1.807) is 6.20 Å². The molecule has 4 nitrogen and oxygen atoms in total. The predicted octanol–water partition coefficient (Wildman–Crippen LogP) is 2.34. The summed E-state index contributed by atoms with van der Waals surface area (Å²) in [6, 6.07) is 9.35. The Morgan fingerprint density at radius 2 is 2.00 bits per heavy atom. The molecule has 0 spiro atoms. The van der Waals surface area contributed by atoms with Crippen LogP contribution in [-0.2, 0) is 16.5 Å². The predicted molar refractivity (Wildman–Crippen MR) is 77.5 cm³/mol. The molecule has 0 saturated carbocycles. The van der Waals surface area contributed by atoms with Gasteiger partial charge in [-0.1, -0.05) is 43.8 Å². The highest BCUT2D eigenvalue weighted by Gasteiger charge is 2.21. The molecule has 1 unspecified atom stereocenters. The summed E-state index contributed by atoms with van der Waals surface area (Å²) in [5.41, 5.74) is 1.04. The molecule has 0 aliphatic rings. The van der Waals surface area contributed by atoms with E-state index in [0.717, 1.165) is 18.5 Å². The highest BCUT2D eigenvalue weighted by molar-refractivity contribution is 7.85. The molecule has 1 aromatic rings. The number of nitrogens with zero attached hydrogens (tertiary/aromatic N) is 1. The minimum Gasteiger partial charge on any atom is -0.374 e. The van der Waals surface area contributed by atoms with E-state index < -0.39 is 10.1 Å². The topological polar surface area (TPSA) is 57.6 Å². The summed E-state index contributed by atoms with van der Waals surface area (Å²) in [7, 11) is -4.01. The van der Waals surface area contributed by atoms with Crippen molar-refractivity contribution in [2.24, 2.45) is 0 Å². The van der Waals surface area contributed by atoms with E-state index >= 15 is 0 Å². The lowest BCUT2D eigenvalue weighted by molar-refractivity contribution is 0.289. The summed E-state index contributed by atoms with van der Waals surface area (Å²) in [5, 5.41) is 0. The van der Waals surface area contributed by atoms with Crippen LogP contribution in [0.1, 0.15) is 18.9 Å². The molecule has 0 aliphatic carbocycles. The molecule has 1 atom stereocenters. The molecule has 1 aromatic carbocycles. The molecule has 5 heteroatoms. The number of hydrogen-bond acceptors (Lipinski definition) is 3. The maximum atomic E-state index is 11.2. The zero-order valence-electron chi connectivity index (χ0n) is 11.2. The summed E-state index contributed by atoms with van der Waals surface area (Å²) in [6.07, 6.45) is 3.09. The minimum absolute atomic E-state index is 0.284. The van der Waals surface area contributed by atoms with Crippen LogP contribution in [0.3, 0.4) is 0 Å². The van der Waals surface area contributed by atoms with Crippen molar-refractivity contribution in [1.82, 2.24) is 4.90 Å². The molecule has 0 radical (unpaired) electrons. The molecule has 0 amide bonds. The van der Waals surface area contributed by atoms with E-state index in [1.807, 2.05) is 42.2 Å². The Labute approximate surface area is 115 Å². The first-order chi connectivity index (χ1) is 8.96. The summed E-state index contributed by atoms with van der Waals surface area (Å²) < 4.78 is 31.4. The zero-order valence-corrected chi connectivity index (χ0v) is 12.0. The van der Waals surface area contributed by atoms with Crippen molar-refractivity contribution < 1.29 is 13.0 Å². The van der Waals surface area contributed by atoms with Crippen LogP contribution in [0.2, 0.25) is 0 Å². The van der Waals surface area contributed by atoms with Crippen molar-refractivity contribution in [2.75, 3.05) is 12.3 Å². The molecule has 0 fully saturated rings. The fraction of sp³-hybridized carbons (Fsp3) is 0.429. The van der Waals surface area contributed by atoms with E-state index in [9.17, 15) is 8.42 Å². The SMILES string of the molecule is C=CN(CCC)C(Cc1ccccc1)CS(=O)(=O)O. The third-order valence-corrected chi connectivity index (χ3v) is 3.71. The van der Waals surface area contributed by atoms with Crippen LogP contribution in [0.15, 0.2) is 43.1 Å². The van der Waals surface area contributed by atoms with E-state index in [1.165, 1.54) is 0 Å². The second kappa shape index (κ2) is 7.31. The first-order valence-corrected chi connectivity index (χ1v) is 7.94. The Bertz CT molecular complexity index is 485. The fourth-order valence-corrected chi connectivity index (χ4v) is 2.88. The van der Waals surface area contributed by atoms with Gasteiger partial charge in [-0.05, 0) is 24.6 Å². The van der Waals surface area contributed by atoms with Crippen LogP contribution in [0.4, 0.5) is 0 Å². The van der Waals surface area contributed by atoms with Crippen molar-refractivity contribution in [2.45, 2.75) is 25.8 Å². The summed E-state index contributed by atoms with van der Waals surface area (Å²) in [5.74, 6) is -0.284. The van der Waals surface area contributed by atoms with Crippen LogP contribution in [-0.4, -0.2) is 36.2 Å². The molecule has 0 saturated heterocycles. The summed E-state index contributed by atoms with van der Waals surface area (Å²) in [6.45, 7) is 6.46. The van der Waals surface area contributed by atoms with Crippen molar-refractivity contribution >= 4 is 10.1 Å². The van der Waals surface area contributed by atoms with Gasteiger partial charge in [0.25, 0.3) is 10.1 Å². The second-order valence-electron chi connectivity index (χ2n) is 4.51. The highest BCUT2D eigenvalue weighted by atomic mass is 32.2. The highest BCUT2D eigenvalue weighted by Crippen LogP contribution is 2.12. The van der Waals surface area contributed by atoms with Gasteiger partial charge in [0.2, 0.25) is 0 Å². The normalized spacial score (nSPS) is 12.9. The van der Waals surface area contributed by atoms with Gasteiger partial charge in [-0.25, -0.2) is 0 Å². The van der Waals surface area contributed by atoms with E-state index in [-0.39, 0.29) is 11.8 Å². The molecule has 19 heavy (non-hydrogen) atoms. The quantitative estimate of drug-likeness (QED) is 0.744. The van der Waals surface area contributed by atoms with E-state index in [2.05, 4.69) is 6.58 Å². The maximum Gasteiger partial charge on any atom is 0.266 e. The first kappa shape index (κ1) is 15.7. The molecular weight excluding hydrogens is 262 g/mol. The standard InChI is InChI=1S/C14H21NO3S/c1-3-10-15(4-2)14(12-19(16,17)18)11-13-8-6-5-7-9-13/h4-9,14H,2-3,10-12H2,1H3,(H,16,17,18). The first-order valence-electron chi connectivity index (χ1n) is 6.33. The van der Waals surface area contributed by atoms with Gasteiger partial charge in [-0.3, -0.25) is 4.55 Å². The monoisotopic (exact) mass is 283 g/mol. The largest absolute Gasteiger partial charge is 0.374 e. The third kappa shape index (κ3) is 5.89. The van der Waals surface area contributed by atoms with Gasteiger partial charge in [0, 0.05) is 12.6 Å². The van der Waals surface area contributed by atoms with Crippen LogP contribution >= 0.6 is 0 Å². The summed E-state index contributed by atoms with van der Waals surface area (Å²) >= 11 is 0. The van der Waals surface area contributed by atoms with Gasteiger partial charge in [0.1, 0.15) is 0 Å². The molecule has 0 aliphatic heterocycles. The average Bonchev–Trinajstić information content (AvgIpc) is 2.35. The van der Waals surface area contributed by atoms with Crippen molar-refractivity contribution in [1.29, 1.82) is 0 Å². The maximum absolute atomic E-state index is 11.2. The zero-order chi connectivity index (χ0) is 14.3. The van der Waals surface area contributed by atoms with Gasteiger partial charge >= 0.3 is 0 Å². The fourth-order valence-electron chi connectivity index (χ4n) is 2.08. The molecular formula is C14H21NO3S. The van der Waals surface area contributed by atoms with Gasteiger partial charge in [0.15, 0.2) is 0 Å². The molecule has 0 aromatic heterocycles. The summed E-state index contributed by atoms with van der Waals surface area (Å²) in [4.78, 5) is 1.88. The van der Waals surface area contributed by atoms with E-state index in [4.69, 9.17) is 4.55 Å². The Morgan fingerprint density at radius 1 is 1.37 bits per heavy atom.